The highest BCUT2D eigenvalue weighted by atomic mass is 16.6. The number of hydrogen-bond donors (Lipinski definition) is 0. The standard InChI is InChI=1S/C12H7N2O5/c15-13(16)10-7-4-8-11(14(17)18)12(10)19-9-5-2-1-3-6-9/h1-2,4-8H. The topological polar surface area (TPSA) is 95.5 Å². The van der Waals surface area contributed by atoms with Crippen molar-refractivity contribution < 1.29 is 14.6 Å². The first kappa shape index (κ1) is 12.5. The largest absolute Gasteiger partial charge is 0.444 e. The maximum Gasteiger partial charge on any atom is 0.318 e. The number of hydrogen-bond acceptors (Lipinski definition) is 5. The molecule has 0 amide bonds. The Labute approximate surface area is 107 Å². The minimum absolute atomic E-state index is 0.236. The van der Waals surface area contributed by atoms with Gasteiger partial charge in [-0.05, 0) is 24.3 Å². The van der Waals surface area contributed by atoms with Crippen LogP contribution < -0.4 is 4.74 Å². The van der Waals surface area contributed by atoms with Crippen LogP contribution in [0.5, 0.6) is 11.5 Å². The summed E-state index contributed by atoms with van der Waals surface area (Å²) >= 11 is 0. The summed E-state index contributed by atoms with van der Waals surface area (Å²) in [4.78, 5) is 20.3. The van der Waals surface area contributed by atoms with E-state index in [4.69, 9.17) is 4.74 Å². The van der Waals surface area contributed by atoms with Crippen molar-refractivity contribution in [2.24, 2.45) is 0 Å². The van der Waals surface area contributed by atoms with Crippen molar-refractivity contribution in [2.75, 3.05) is 0 Å². The van der Waals surface area contributed by atoms with Gasteiger partial charge in [-0.3, -0.25) is 20.2 Å². The molecule has 1 radical (unpaired) electrons. The van der Waals surface area contributed by atoms with Crippen molar-refractivity contribution in [3.8, 4) is 11.5 Å². The second kappa shape index (κ2) is 5.13. The van der Waals surface area contributed by atoms with Gasteiger partial charge in [-0.1, -0.05) is 12.1 Å². The molecule has 0 bridgehead atoms. The predicted octanol–water partition coefficient (Wildman–Crippen LogP) is 3.10. The molecule has 0 fully saturated rings. The van der Waals surface area contributed by atoms with E-state index in [9.17, 15) is 20.2 Å². The number of nitro benzene ring substituents is 2. The van der Waals surface area contributed by atoms with Crippen LogP contribution in [0.15, 0.2) is 42.5 Å². The summed E-state index contributed by atoms with van der Waals surface area (Å²) in [6.45, 7) is 0. The second-order valence-corrected chi connectivity index (χ2v) is 3.48. The number of nitrogens with zero attached hydrogens (tertiary/aromatic N) is 2. The van der Waals surface area contributed by atoms with Crippen molar-refractivity contribution in [3.63, 3.8) is 0 Å². The van der Waals surface area contributed by atoms with E-state index in [1.165, 1.54) is 18.2 Å². The van der Waals surface area contributed by atoms with Crippen molar-refractivity contribution >= 4 is 11.4 Å². The number of nitro groups is 2. The molecule has 0 N–H and O–H groups in total. The number of ether oxygens (including phenoxy) is 1. The second-order valence-electron chi connectivity index (χ2n) is 3.48. The maximum absolute atomic E-state index is 10.9. The van der Waals surface area contributed by atoms with Crippen LogP contribution in [0.4, 0.5) is 11.4 Å². The lowest BCUT2D eigenvalue weighted by Crippen LogP contribution is -1.98. The molecule has 0 spiro atoms. The Morgan fingerprint density at radius 1 is 1.00 bits per heavy atom. The zero-order valence-corrected chi connectivity index (χ0v) is 9.48. The molecule has 0 aliphatic carbocycles. The van der Waals surface area contributed by atoms with Crippen LogP contribution in [-0.2, 0) is 0 Å². The van der Waals surface area contributed by atoms with Gasteiger partial charge >= 0.3 is 11.4 Å². The Bertz CT molecular complexity index is 595. The number of benzene rings is 2. The molecule has 0 saturated carbocycles. The summed E-state index contributed by atoms with van der Waals surface area (Å²) in [6, 6.07) is 12.4. The molecule has 0 aliphatic heterocycles. The van der Waals surface area contributed by atoms with Crippen LogP contribution in [0.25, 0.3) is 0 Å². The smallest absolute Gasteiger partial charge is 0.318 e. The summed E-state index contributed by atoms with van der Waals surface area (Å²) < 4.78 is 5.25. The van der Waals surface area contributed by atoms with Gasteiger partial charge in [0.1, 0.15) is 5.75 Å². The highest BCUT2D eigenvalue weighted by Gasteiger charge is 2.26. The van der Waals surface area contributed by atoms with Crippen molar-refractivity contribution in [1.29, 1.82) is 0 Å². The normalized spacial score (nSPS) is 9.89. The molecule has 0 aromatic heterocycles. The van der Waals surface area contributed by atoms with E-state index in [2.05, 4.69) is 6.07 Å². The minimum atomic E-state index is -0.727. The van der Waals surface area contributed by atoms with Gasteiger partial charge in [-0.15, -0.1) is 0 Å². The highest BCUT2D eigenvalue weighted by molar-refractivity contribution is 5.61. The average molecular weight is 259 g/mol. The van der Waals surface area contributed by atoms with E-state index < -0.39 is 27.0 Å². The molecule has 95 valence electrons. The molecular weight excluding hydrogens is 252 g/mol. The van der Waals surface area contributed by atoms with Gasteiger partial charge in [0.25, 0.3) is 5.75 Å². The Morgan fingerprint density at radius 2 is 1.63 bits per heavy atom. The fourth-order valence-corrected chi connectivity index (χ4v) is 1.46. The van der Waals surface area contributed by atoms with Gasteiger partial charge in [0.05, 0.1) is 9.85 Å². The molecule has 7 nitrogen and oxygen atoms in total. The molecule has 2 rings (SSSR count). The molecule has 19 heavy (non-hydrogen) atoms. The summed E-state index contributed by atoms with van der Waals surface area (Å²) in [5.74, 6) is -0.156. The quantitative estimate of drug-likeness (QED) is 0.620. The van der Waals surface area contributed by atoms with Crippen LogP contribution in [0.1, 0.15) is 0 Å². The lowest BCUT2D eigenvalue weighted by Gasteiger charge is -2.06. The zero-order valence-electron chi connectivity index (χ0n) is 9.48. The van der Waals surface area contributed by atoms with Crippen LogP contribution in [-0.4, -0.2) is 9.85 Å². The molecule has 7 heteroatoms. The van der Waals surface area contributed by atoms with E-state index in [0.29, 0.717) is 0 Å². The third-order valence-electron chi connectivity index (χ3n) is 2.27. The van der Waals surface area contributed by atoms with Crippen LogP contribution >= 0.6 is 0 Å². The van der Waals surface area contributed by atoms with E-state index in [0.717, 1.165) is 12.1 Å². The fourth-order valence-electron chi connectivity index (χ4n) is 1.46. The summed E-state index contributed by atoms with van der Waals surface area (Å²) in [5, 5.41) is 21.8. The molecule has 0 atom stereocenters. The number of para-hydroxylation sites is 1. The lowest BCUT2D eigenvalue weighted by atomic mass is 10.2. The van der Waals surface area contributed by atoms with Gasteiger partial charge in [0.2, 0.25) is 0 Å². The van der Waals surface area contributed by atoms with Gasteiger partial charge in [0.15, 0.2) is 0 Å². The maximum atomic E-state index is 10.9. The molecule has 2 aromatic carbocycles. The summed E-state index contributed by atoms with van der Waals surface area (Å²) in [6.07, 6.45) is 0. The fraction of sp³-hybridized carbons (Fsp3) is 0. The third kappa shape index (κ3) is 2.65. The first-order valence-corrected chi connectivity index (χ1v) is 5.15. The van der Waals surface area contributed by atoms with Crippen molar-refractivity contribution in [1.82, 2.24) is 0 Å². The van der Waals surface area contributed by atoms with Gasteiger partial charge < -0.3 is 4.74 Å². The third-order valence-corrected chi connectivity index (χ3v) is 2.27. The Kier molecular flexibility index (Phi) is 3.37. The first-order valence-electron chi connectivity index (χ1n) is 5.15. The van der Waals surface area contributed by atoms with E-state index in [1.807, 2.05) is 0 Å². The SMILES string of the molecule is O=[N+]([O-])c1cccc([N+](=O)[O-])c1Oc1c[c]ccc1. The molecule has 0 aliphatic rings. The monoisotopic (exact) mass is 259 g/mol. The predicted molar refractivity (Wildman–Crippen MR) is 65.1 cm³/mol. The molecule has 0 saturated heterocycles. The Hall–Kier alpha value is -2.96. The zero-order chi connectivity index (χ0) is 13.8. The molecular formula is C12H7N2O5. The van der Waals surface area contributed by atoms with E-state index in [-0.39, 0.29) is 5.75 Å². The molecule has 2 aromatic rings. The van der Waals surface area contributed by atoms with Crippen molar-refractivity contribution in [3.05, 3.63) is 68.8 Å². The van der Waals surface area contributed by atoms with Crippen LogP contribution in [0.3, 0.4) is 0 Å². The van der Waals surface area contributed by atoms with E-state index >= 15 is 0 Å². The Morgan fingerprint density at radius 3 is 2.11 bits per heavy atom. The lowest BCUT2D eigenvalue weighted by molar-refractivity contribution is -0.395. The van der Waals surface area contributed by atoms with E-state index in [1.54, 1.807) is 12.1 Å². The van der Waals surface area contributed by atoms with Gasteiger partial charge in [-0.2, -0.15) is 0 Å². The summed E-state index contributed by atoms with van der Waals surface area (Å²) in [7, 11) is 0. The van der Waals surface area contributed by atoms with Crippen LogP contribution in [0.2, 0.25) is 0 Å². The summed E-state index contributed by atoms with van der Waals surface area (Å²) in [5.41, 5.74) is -0.920. The van der Waals surface area contributed by atoms with Crippen LogP contribution in [0, 0.1) is 26.3 Å². The molecule has 0 unspecified atom stereocenters. The first-order chi connectivity index (χ1) is 9.09. The van der Waals surface area contributed by atoms with Crippen molar-refractivity contribution in [2.45, 2.75) is 0 Å². The number of rotatable bonds is 4. The van der Waals surface area contributed by atoms with Gasteiger partial charge in [0, 0.05) is 12.1 Å². The average Bonchev–Trinajstić information content (AvgIpc) is 2.39. The molecule has 0 heterocycles. The highest BCUT2D eigenvalue weighted by Crippen LogP contribution is 2.39. The minimum Gasteiger partial charge on any atom is -0.444 e. The Balaban J connectivity index is 2.52. The van der Waals surface area contributed by atoms with Gasteiger partial charge in [-0.25, -0.2) is 0 Å².